The van der Waals surface area contributed by atoms with Gasteiger partial charge in [-0.2, -0.15) is 0 Å². The van der Waals surface area contributed by atoms with Crippen molar-refractivity contribution >= 4 is 17.8 Å². The maximum absolute atomic E-state index is 12.0. The lowest BCUT2D eigenvalue weighted by Gasteiger charge is -2.36. The molecule has 2 rings (SSSR count). The molecule has 0 spiro atoms. The molecular weight excluding hydrogens is 384 g/mol. The number of guanidine groups is 1. The molecule has 0 unspecified atom stereocenters. The zero-order chi connectivity index (χ0) is 21.9. The molecule has 0 atom stereocenters. The molecule has 2 heterocycles. The van der Waals surface area contributed by atoms with Crippen molar-refractivity contribution in [1.82, 2.24) is 25.8 Å². The highest BCUT2D eigenvalue weighted by Gasteiger charge is 2.21. The van der Waals surface area contributed by atoms with Crippen molar-refractivity contribution in [2.75, 3.05) is 52.4 Å². The first kappa shape index (κ1) is 23.7. The van der Waals surface area contributed by atoms with E-state index in [1.54, 1.807) is 6.07 Å². The summed E-state index contributed by atoms with van der Waals surface area (Å²) in [6.45, 7) is 13.6. The zero-order valence-electron chi connectivity index (χ0n) is 18.7. The molecule has 1 aromatic heterocycles. The number of carbonyl (C=O) groups is 2. The first-order valence-corrected chi connectivity index (χ1v) is 10.8. The molecule has 1 aromatic rings. The summed E-state index contributed by atoms with van der Waals surface area (Å²) in [4.78, 5) is 33.1. The second kappa shape index (κ2) is 12.2. The third-order valence-electron chi connectivity index (χ3n) is 4.77. The largest absolute Gasteiger partial charge is 0.459 e. The maximum atomic E-state index is 12.0. The number of nitrogens with zero attached hydrogens (tertiary/aromatic N) is 3. The molecule has 1 aliphatic rings. The van der Waals surface area contributed by atoms with Gasteiger partial charge in [0, 0.05) is 57.4 Å². The molecule has 9 heteroatoms. The van der Waals surface area contributed by atoms with Crippen LogP contribution in [-0.4, -0.2) is 86.0 Å². The van der Waals surface area contributed by atoms with E-state index in [2.05, 4.69) is 25.8 Å². The Morgan fingerprint density at radius 1 is 1.20 bits per heavy atom. The third kappa shape index (κ3) is 7.70. The van der Waals surface area contributed by atoms with Gasteiger partial charge >= 0.3 is 0 Å². The van der Waals surface area contributed by atoms with Gasteiger partial charge < -0.3 is 25.3 Å². The van der Waals surface area contributed by atoms with E-state index in [9.17, 15) is 9.59 Å². The molecule has 0 bridgehead atoms. The Hall–Kier alpha value is -2.55. The number of hydrogen-bond donors (Lipinski definition) is 3. The fraction of sp³-hybridized carbons (Fsp3) is 0.667. The molecular formula is C21H36N6O3. The first-order chi connectivity index (χ1) is 14.4. The second-order valence-electron chi connectivity index (χ2n) is 7.76. The van der Waals surface area contributed by atoms with E-state index < -0.39 is 0 Å². The maximum Gasteiger partial charge on any atom is 0.287 e. The van der Waals surface area contributed by atoms with Crippen molar-refractivity contribution in [1.29, 1.82) is 0 Å². The summed E-state index contributed by atoms with van der Waals surface area (Å²) < 4.78 is 5.20. The Kier molecular flexibility index (Phi) is 9.66. The normalized spacial score (nSPS) is 15.4. The fourth-order valence-electron chi connectivity index (χ4n) is 3.27. The number of aryl methyl sites for hydroxylation is 1. The van der Waals surface area contributed by atoms with Crippen molar-refractivity contribution in [3.8, 4) is 0 Å². The Balaban J connectivity index is 1.73. The van der Waals surface area contributed by atoms with E-state index >= 15 is 0 Å². The van der Waals surface area contributed by atoms with Crippen LogP contribution in [0.25, 0.3) is 0 Å². The highest BCUT2D eigenvalue weighted by Crippen LogP contribution is 2.08. The van der Waals surface area contributed by atoms with Crippen molar-refractivity contribution in [2.45, 2.75) is 40.2 Å². The Labute approximate surface area is 179 Å². The number of furan rings is 1. The van der Waals surface area contributed by atoms with Gasteiger partial charge in [-0.15, -0.1) is 0 Å². The lowest BCUT2D eigenvalue weighted by Crippen LogP contribution is -2.54. The molecule has 0 saturated carbocycles. The van der Waals surface area contributed by atoms with Gasteiger partial charge in [-0.05, 0) is 40.2 Å². The Bertz CT molecular complexity index is 707. The molecule has 1 saturated heterocycles. The quantitative estimate of drug-likeness (QED) is 0.311. The van der Waals surface area contributed by atoms with Crippen molar-refractivity contribution in [3.63, 3.8) is 0 Å². The van der Waals surface area contributed by atoms with Crippen LogP contribution in [0.1, 0.15) is 43.3 Å². The summed E-state index contributed by atoms with van der Waals surface area (Å²) in [5.41, 5.74) is 0.834. The predicted molar refractivity (Wildman–Crippen MR) is 118 cm³/mol. The van der Waals surface area contributed by atoms with E-state index in [-0.39, 0.29) is 17.9 Å². The minimum Gasteiger partial charge on any atom is -0.459 e. The Morgan fingerprint density at radius 2 is 1.93 bits per heavy atom. The van der Waals surface area contributed by atoms with Crippen molar-refractivity contribution in [2.24, 2.45) is 4.99 Å². The fourth-order valence-corrected chi connectivity index (χ4v) is 3.27. The average Bonchev–Trinajstić information content (AvgIpc) is 3.13. The van der Waals surface area contributed by atoms with Gasteiger partial charge in [0.15, 0.2) is 11.7 Å². The van der Waals surface area contributed by atoms with Crippen LogP contribution < -0.4 is 16.0 Å². The zero-order valence-corrected chi connectivity index (χ0v) is 18.7. The third-order valence-corrected chi connectivity index (χ3v) is 4.77. The summed E-state index contributed by atoms with van der Waals surface area (Å²) in [6.07, 6.45) is 2.27. The highest BCUT2D eigenvalue weighted by atomic mass is 16.3. The van der Waals surface area contributed by atoms with Crippen LogP contribution in [0.4, 0.5) is 0 Å². The summed E-state index contributed by atoms with van der Waals surface area (Å²) in [5.74, 6) is 1.14. The number of carbonyl (C=O) groups excluding carboxylic acids is 2. The van der Waals surface area contributed by atoms with Gasteiger partial charge in [-0.1, -0.05) is 0 Å². The molecule has 168 valence electrons. The van der Waals surface area contributed by atoms with E-state index in [1.807, 2.05) is 27.7 Å². The number of amides is 2. The number of nitrogens with one attached hydrogen (secondary N) is 3. The molecule has 30 heavy (non-hydrogen) atoms. The number of hydrogen-bond acceptors (Lipinski definition) is 5. The minimum absolute atomic E-state index is 0.0748. The summed E-state index contributed by atoms with van der Waals surface area (Å²) >= 11 is 0. The van der Waals surface area contributed by atoms with Gasteiger partial charge in [0.1, 0.15) is 0 Å². The molecule has 9 nitrogen and oxygen atoms in total. The summed E-state index contributed by atoms with van der Waals surface area (Å²) in [5, 5.41) is 9.15. The van der Waals surface area contributed by atoms with E-state index in [0.29, 0.717) is 25.4 Å². The first-order valence-electron chi connectivity index (χ1n) is 10.8. The topological polar surface area (TPSA) is 102 Å². The molecule has 1 aliphatic heterocycles. The van der Waals surface area contributed by atoms with E-state index in [0.717, 1.165) is 50.7 Å². The van der Waals surface area contributed by atoms with Crippen molar-refractivity contribution in [3.05, 3.63) is 23.7 Å². The van der Waals surface area contributed by atoms with Crippen LogP contribution in [-0.2, 0) is 4.79 Å². The summed E-state index contributed by atoms with van der Waals surface area (Å²) in [6, 6.07) is 1.94. The van der Waals surface area contributed by atoms with Crippen LogP contribution in [0, 0.1) is 6.92 Å². The van der Waals surface area contributed by atoms with Crippen LogP contribution in [0.3, 0.4) is 0 Å². The Morgan fingerprint density at radius 3 is 2.53 bits per heavy atom. The van der Waals surface area contributed by atoms with E-state index in [1.165, 1.54) is 6.26 Å². The molecule has 0 aromatic carbocycles. The van der Waals surface area contributed by atoms with Gasteiger partial charge in [-0.3, -0.25) is 19.5 Å². The monoisotopic (exact) mass is 420 g/mol. The standard InChI is InChI=1S/C21H36N6O3/c1-5-22-21(24-9-6-8-23-20(29)19-17(4)7-14-30-19)27-12-10-26(11-13-27)15-18(28)25-16(2)3/h7,14,16H,5-6,8-13,15H2,1-4H3,(H,22,24)(H,23,29)(H,25,28). The van der Waals surface area contributed by atoms with Gasteiger partial charge in [0.25, 0.3) is 5.91 Å². The molecule has 0 radical (unpaired) electrons. The molecule has 0 aliphatic carbocycles. The summed E-state index contributed by atoms with van der Waals surface area (Å²) in [7, 11) is 0. The van der Waals surface area contributed by atoms with Crippen LogP contribution in [0.2, 0.25) is 0 Å². The average molecular weight is 421 g/mol. The van der Waals surface area contributed by atoms with Crippen LogP contribution >= 0.6 is 0 Å². The lowest BCUT2D eigenvalue weighted by atomic mass is 10.2. The smallest absolute Gasteiger partial charge is 0.287 e. The van der Waals surface area contributed by atoms with E-state index in [4.69, 9.17) is 9.41 Å². The molecule has 3 N–H and O–H groups in total. The SMILES string of the molecule is CCNC(=NCCCNC(=O)c1occc1C)N1CCN(CC(=O)NC(C)C)CC1. The molecule has 2 amide bonds. The second-order valence-corrected chi connectivity index (χ2v) is 7.76. The van der Waals surface area contributed by atoms with Gasteiger partial charge in [0.2, 0.25) is 5.91 Å². The van der Waals surface area contributed by atoms with Crippen LogP contribution in [0.15, 0.2) is 21.7 Å². The number of piperazine rings is 1. The number of rotatable bonds is 9. The van der Waals surface area contributed by atoms with Crippen molar-refractivity contribution < 1.29 is 14.0 Å². The van der Waals surface area contributed by atoms with Gasteiger partial charge in [-0.25, -0.2) is 0 Å². The minimum atomic E-state index is -0.189. The highest BCUT2D eigenvalue weighted by molar-refractivity contribution is 5.92. The predicted octanol–water partition coefficient (Wildman–Crippen LogP) is 0.816. The lowest BCUT2D eigenvalue weighted by molar-refractivity contribution is -0.123. The number of aliphatic imine (C=N–C) groups is 1. The van der Waals surface area contributed by atoms with Crippen LogP contribution in [0.5, 0.6) is 0 Å². The van der Waals surface area contributed by atoms with Gasteiger partial charge in [0.05, 0.1) is 12.8 Å². The molecule has 1 fully saturated rings.